The number of amides is 5. The van der Waals surface area contributed by atoms with Crippen molar-refractivity contribution in [3.8, 4) is 5.75 Å². The fourth-order valence-corrected chi connectivity index (χ4v) is 6.94. The van der Waals surface area contributed by atoms with Crippen LogP contribution in [0.25, 0.3) is 0 Å². The van der Waals surface area contributed by atoms with Crippen LogP contribution in [0.4, 0.5) is 4.79 Å². The van der Waals surface area contributed by atoms with Gasteiger partial charge in [-0.25, -0.2) is 9.59 Å². The van der Waals surface area contributed by atoms with E-state index in [0.717, 1.165) is 25.0 Å². The quantitative estimate of drug-likeness (QED) is 0.0738. The van der Waals surface area contributed by atoms with Crippen LogP contribution in [0, 0.1) is 5.41 Å². The minimum atomic E-state index is -0.684. The number of rotatable bonds is 21. The summed E-state index contributed by atoms with van der Waals surface area (Å²) in [6, 6.07) is 6.82. The van der Waals surface area contributed by atoms with E-state index >= 15 is 0 Å². The van der Waals surface area contributed by atoms with Crippen molar-refractivity contribution < 1.29 is 38.2 Å². The minimum Gasteiger partial charge on any atom is -0.482 e. The lowest BCUT2D eigenvalue weighted by molar-refractivity contribution is -0.145. The summed E-state index contributed by atoms with van der Waals surface area (Å²) >= 11 is 1.89. The molecule has 2 saturated heterocycles. The zero-order chi connectivity index (χ0) is 35.2. The molecule has 0 saturated carbocycles. The molecule has 5 N–H and O–H groups in total. The second kappa shape index (κ2) is 18.9. The number of urea groups is 1. The Morgan fingerprint density at radius 3 is 2.52 bits per heavy atom. The van der Waals surface area contributed by atoms with Gasteiger partial charge in [0.2, 0.25) is 11.8 Å². The number of ether oxygens (including phenoxy) is 3. The van der Waals surface area contributed by atoms with E-state index in [1.807, 2.05) is 39.5 Å². The van der Waals surface area contributed by atoms with Gasteiger partial charge in [0.15, 0.2) is 6.61 Å². The summed E-state index contributed by atoms with van der Waals surface area (Å²) in [5.41, 5.74) is -0.785. The van der Waals surface area contributed by atoms with E-state index in [1.165, 1.54) is 6.07 Å². The van der Waals surface area contributed by atoms with Gasteiger partial charge < -0.3 is 40.8 Å². The van der Waals surface area contributed by atoms with Gasteiger partial charge in [-0.05, 0) is 64.7 Å². The number of thioether (sulfide) groups is 1. The summed E-state index contributed by atoms with van der Waals surface area (Å²) in [5, 5.41) is 15.0. The van der Waals surface area contributed by atoms with Gasteiger partial charge >= 0.3 is 12.0 Å². The second-order valence-electron chi connectivity index (χ2n) is 13.3. The van der Waals surface area contributed by atoms with Gasteiger partial charge in [0.25, 0.3) is 5.91 Å². The van der Waals surface area contributed by atoms with E-state index in [4.69, 9.17) is 14.2 Å². The van der Waals surface area contributed by atoms with Crippen molar-refractivity contribution in [1.29, 1.82) is 0 Å². The molecule has 2 heterocycles. The highest BCUT2D eigenvalue weighted by Crippen LogP contribution is 2.33. The molecule has 1 aromatic carbocycles. The average Bonchev–Trinajstić information content (AvgIpc) is 3.59. The van der Waals surface area contributed by atoms with Crippen LogP contribution in [0.3, 0.4) is 0 Å². The summed E-state index contributed by atoms with van der Waals surface area (Å²) in [5.74, 6) is 0.387. The van der Waals surface area contributed by atoms with Gasteiger partial charge in [-0.3, -0.25) is 14.4 Å². The Kier molecular flexibility index (Phi) is 15.3. The Hall–Kier alpha value is -3.52. The molecule has 0 bridgehead atoms. The molecule has 2 aliphatic heterocycles. The highest BCUT2D eigenvalue weighted by molar-refractivity contribution is 8.00. The third kappa shape index (κ3) is 13.2. The predicted octanol–water partition coefficient (Wildman–Crippen LogP) is 2.92. The van der Waals surface area contributed by atoms with Crippen LogP contribution in [0.5, 0.6) is 5.75 Å². The molecule has 2 fully saturated rings. The van der Waals surface area contributed by atoms with E-state index in [9.17, 15) is 24.0 Å². The molecule has 14 heteroatoms. The van der Waals surface area contributed by atoms with E-state index in [0.29, 0.717) is 49.0 Å². The van der Waals surface area contributed by atoms with Crippen LogP contribution in [-0.4, -0.2) is 97.9 Å². The Bertz CT molecular complexity index is 1260. The number of carbonyl (C=O) groups is 5. The third-order valence-electron chi connectivity index (χ3n) is 8.42. The molecule has 0 spiro atoms. The largest absolute Gasteiger partial charge is 0.482 e. The van der Waals surface area contributed by atoms with Crippen molar-refractivity contribution in [3.05, 3.63) is 29.8 Å². The molecule has 0 radical (unpaired) electrons. The van der Waals surface area contributed by atoms with Crippen LogP contribution in [-0.2, 0) is 23.9 Å². The molecule has 0 aromatic heterocycles. The monoisotopic (exact) mass is 691 g/mol. The minimum absolute atomic E-state index is 0.0288. The van der Waals surface area contributed by atoms with Crippen molar-refractivity contribution >= 4 is 41.5 Å². The highest BCUT2D eigenvalue weighted by atomic mass is 32.2. The molecule has 48 heavy (non-hydrogen) atoms. The number of unbranched alkanes of at least 4 members (excludes halogenated alkanes) is 1. The fourth-order valence-electron chi connectivity index (χ4n) is 5.40. The van der Waals surface area contributed by atoms with E-state index < -0.39 is 17.0 Å². The smallest absolute Gasteiger partial charge is 0.344 e. The summed E-state index contributed by atoms with van der Waals surface area (Å²) in [6.45, 7) is 10.8. The third-order valence-corrected chi connectivity index (χ3v) is 9.93. The molecular weight excluding hydrogens is 638 g/mol. The summed E-state index contributed by atoms with van der Waals surface area (Å²) in [6.07, 6.45) is 4.36. The van der Waals surface area contributed by atoms with Crippen LogP contribution in [0.2, 0.25) is 0 Å². The number of esters is 1. The van der Waals surface area contributed by atoms with Gasteiger partial charge in [-0.2, -0.15) is 11.8 Å². The summed E-state index contributed by atoms with van der Waals surface area (Å²) in [4.78, 5) is 60.8. The molecule has 2 aliphatic rings. The van der Waals surface area contributed by atoms with Crippen LogP contribution in [0.1, 0.15) is 83.5 Å². The molecule has 5 amide bonds. The average molecular weight is 692 g/mol. The Morgan fingerprint density at radius 1 is 0.979 bits per heavy atom. The zero-order valence-corrected chi connectivity index (χ0v) is 29.7. The number of benzene rings is 1. The van der Waals surface area contributed by atoms with Crippen molar-refractivity contribution in [3.63, 3.8) is 0 Å². The predicted molar refractivity (Wildman–Crippen MR) is 184 cm³/mol. The van der Waals surface area contributed by atoms with Gasteiger partial charge in [0.05, 0.1) is 24.3 Å². The Balaban J connectivity index is 1.24. The van der Waals surface area contributed by atoms with Crippen LogP contribution >= 0.6 is 11.8 Å². The van der Waals surface area contributed by atoms with Crippen LogP contribution < -0.4 is 31.3 Å². The van der Waals surface area contributed by atoms with Crippen molar-refractivity contribution in [1.82, 2.24) is 26.6 Å². The van der Waals surface area contributed by atoms with Gasteiger partial charge in [0, 0.05) is 54.6 Å². The van der Waals surface area contributed by atoms with Gasteiger partial charge in [-0.1, -0.05) is 26.3 Å². The maximum atomic E-state index is 12.8. The van der Waals surface area contributed by atoms with E-state index in [1.54, 1.807) is 25.1 Å². The number of hydrogen-bond acceptors (Lipinski definition) is 9. The van der Waals surface area contributed by atoms with Gasteiger partial charge in [0.1, 0.15) is 5.75 Å². The molecule has 3 atom stereocenters. The summed E-state index contributed by atoms with van der Waals surface area (Å²) < 4.78 is 16.3. The number of carbonyl (C=O) groups excluding carboxylic acids is 5. The first-order chi connectivity index (χ1) is 22.8. The van der Waals surface area contributed by atoms with Crippen molar-refractivity contribution in [2.75, 3.05) is 45.2 Å². The Labute approximate surface area is 288 Å². The lowest BCUT2D eigenvalue weighted by Crippen LogP contribution is -2.42. The van der Waals surface area contributed by atoms with Crippen LogP contribution in [0.15, 0.2) is 24.3 Å². The highest BCUT2D eigenvalue weighted by Gasteiger charge is 2.42. The fraction of sp³-hybridized carbons (Fsp3) is 0.676. The first kappa shape index (κ1) is 38.9. The SMILES string of the molecule is CCOC(=O)COc1cccc(C(=O)NCCNC(=O)C(C)(C)CCOC(C)(C)CCNC(=O)CCCC[C@@H]2SC[C@@H]3NC(=O)N[C@@H]32)c1. The van der Waals surface area contributed by atoms with E-state index in [-0.39, 0.29) is 62.1 Å². The Morgan fingerprint density at radius 2 is 1.75 bits per heavy atom. The summed E-state index contributed by atoms with van der Waals surface area (Å²) in [7, 11) is 0. The lowest BCUT2D eigenvalue weighted by atomic mass is 9.88. The van der Waals surface area contributed by atoms with E-state index in [2.05, 4.69) is 26.6 Å². The van der Waals surface area contributed by atoms with Crippen molar-refractivity contribution in [2.24, 2.45) is 5.41 Å². The lowest BCUT2D eigenvalue weighted by Gasteiger charge is -2.29. The number of nitrogens with one attached hydrogen (secondary N) is 5. The topological polar surface area (TPSA) is 173 Å². The van der Waals surface area contributed by atoms with Gasteiger partial charge in [-0.15, -0.1) is 0 Å². The molecular formula is C34H53N5O8S. The zero-order valence-electron chi connectivity index (χ0n) is 28.9. The first-order valence-corrected chi connectivity index (χ1v) is 17.9. The van der Waals surface area contributed by atoms with Crippen molar-refractivity contribution in [2.45, 2.75) is 96.1 Å². The molecule has 0 unspecified atom stereocenters. The number of hydrogen-bond donors (Lipinski definition) is 5. The molecule has 0 aliphatic carbocycles. The normalized spacial score (nSPS) is 18.7. The second-order valence-corrected chi connectivity index (χ2v) is 14.6. The molecule has 268 valence electrons. The standard InChI is InChI=1S/C34H53N5O8S/c1-6-45-28(41)21-46-24-11-9-10-23(20-24)30(42)36-17-18-37-31(43)33(2,3)15-19-47-34(4,5)14-16-35-27(40)13-8-7-12-26-29-25(22-48-26)38-32(44)39-29/h9-11,20,25-26,29H,6-8,12-19,21-22H2,1-5H3,(H,35,40)(H,36,42)(H,37,43)(H2,38,39,44)/t25-,26-,29-/m0/s1. The number of fused-ring (bicyclic) bond motifs is 1. The first-order valence-electron chi connectivity index (χ1n) is 16.8. The maximum absolute atomic E-state index is 12.8. The maximum Gasteiger partial charge on any atom is 0.344 e. The molecule has 1 aromatic rings. The molecule has 3 rings (SSSR count). The molecule has 13 nitrogen and oxygen atoms in total.